The van der Waals surface area contributed by atoms with E-state index >= 15 is 0 Å². The third kappa shape index (κ3) is 4.13. The summed E-state index contributed by atoms with van der Waals surface area (Å²) in [6.45, 7) is 1.87. The lowest BCUT2D eigenvalue weighted by atomic mass is 10.1. The molecule has 6 heteroatoms. The maximum absolute atomic E-state index is 12.8. The SMILES string of the molecule is CSc1ncccc1C(=O)N1CCC[C@H](OCc2ccccn2)C1. The third-order valence-corrected chi connectivity index (χ3v) is 4.77. The monoisotopic (exact) mass is 343 g/mol. The van der Waals surface area contributed by atoms with Gasteiger partial charge in [-0.05, 0) is 43.4 Å². The minimum atomic E-state index is 0.0404. The maximum Gasteiger partial charge on any atom is 0.256 e. The third-order valence-electron chi connectivity index (χ3n) is 4.05. The van der Waals surface area contributed by atoms with Crippen LogP contribution in [0.2, 0.25) is 0 Å². The van der Waals surface area contributed by atoms with Gasteiger partial charge in [-0.15, -0.1) is 11.8 Å². The molecule has 5 nitrogen and oxygen atoms in total. The molecule has 0 saturated carbocycles. The van der Waals surface area contributed by atoms with Gasteiger partial charge in [-0.2, -0.15) is 0 Å². The highest BCUT2D eigenvalue weighted by Gasteiger charge is 2.26. The molecule has 1 atom stereocenters. The second-order valence-electron chi connectivity index (χ2n) is 5.71. The van der Waals surface area contributed by atoms with Crippen LogP contribution in [0.4, 0.5) is 0 Å². The average molecular weight is 343 g/mol. The van der Waals surface area contributed by atoms with Gasteiger partial charge < -0.3 is 9.64 Å². The number of piperidine rings is 1. The summed E-state index contributed by atoms with van der Waals surface area (Å²) in [6, 6.07) is 9.45. The zero-order valence-corrected chi connectivity index (χ0v) is 14.5. The Kier molecular flexibility index (Phi) is 5.82. The molecular weight excluding hydrogens is 322 g/mol. The van der Waals surface area contributed by atoms with Crippen LogP contribution in [0.3, 0.4) is 0 Å². The fourth-order valence-electron chi connectivity index (χ4n) is 2.83. The van der Waals surface area contributed by atoms with Gasteiger partial charge >= 0.3 is 0 Å². The highest BCUT2D eigenvalue weighted by Crippen LogP contribution is 2.22. The van der Waals surface area contributed by atoms with E-state index in [4.69, 9.17) is 4.74 Å². The van der Waals surface area contributed by atoms with E-state index < -0.39 is 0 Å². The molecule has 0 unspecified atom stereocenters. The smallest absolute Gasteiger partial charge is 0.256 e. The van der Waals surface area contributed by atoms with Crippen LogP contribution in [-0.2, 0) is 11.3 Å². The van der Waals surface area contributed by atoms with E-state index in [1.807, 2.05) is 41.5 Å². The molecule has 1 amide bonds. The highest BCUT2D eigenvalue weighted by molar-refractivity contribution is 7.98. The Hall–Kier alpha value is -1.92. The first-order chi connectivity index (χ1) is 11.8. The zero-order valence-electron chi connectivity index (χ0n) is 13.7. The van der Waals surface area contributed by atoms with Gasteiger partial charge in [0, 0.05) is 25.5 Å². The number of likely N-dealkylation sites (tertiary alicyclic amines) is 1. The van der Waals surface area contributed by atoms with Crippen molar-refractivity contribution in [1.29, 1.82) is 0 Å². The molecule has 0 aromatic carbocycles. The highest BCUT2D eigenvalue weighted by atomic mass is 32.2. The van der Waals surface area contributed by atoms with Crippen LogP contribution in [0.5, 0.6) is 0 Å². The molecule has 1 saturated heterocycles. The minimum absolute atomic E-state index is 0.0404. The van der Waals surface area contributed by atoms with Crippen LogP contribution in [0.25, 0.3) is 0 Å². The van der Waals surface area contributed by atoms with Crippen molar-refractivity contribution in [3.05, 3.63) is 54.0 Å². The van der Waals surface area contributed by atoms with Gasteiger partial charge in [-0.25, -0.2) is 4.98 Å². The summed E-state index contributed by atoms with van der Waals surface area (Å²) in [5, 5.41) is 0.777. The molecule has 24 heavy (non-hydrogen) atoms. The van der Waals surface area contributed by atoms with Crippen molar-refractivity contribution in [2.24, 2.45) is 0 Å². The topological polar surface area (TPSA) is 55.3 Å². The number of rotatable bonds is 5. The number of carbonyl (C=O) groups is 1. The Morgan fingerprint density at radius 1 is 1.29 bits per heavy atom. The summed E-state index contributed by atoms with van der Waals surface area (Å²) < 4.78 is 5.96. The number of nitrogens with zero attached hydrogens (tertiary/aromatic N) is 3. The molecule has 2 aromatic heterocycles. The van der Waals surface area contributed by atoms with Crippen molar-refractivity contribution in [3.63, 3.8) is 0 Å². The standard InChI is InChI=1S/C18H21N3O2S/c1-24-17-16(8-4-10-20-17)18(22)21-11-5-7-15(12-21)23-13-14-6-2-3-9-19-14/h2-4,6,8-10,15H,5,7,11-13H2,1H3/t15-/m0/s1. The van der Waals surface area contributed by atoms with Crippen LogP contribution >= 0.6 is 11.8 Å². The number of amides is 1. The predicted molar refractivity (Wildman–Crippen MR) is 94.0 cm³/mol. The van der Waals surface area contributed by atoms with Crippen molar-refractivity contribution < 1.29 is 9.53 Å². The molecular formula is C18H21N3O2S. The van der Waals surface area contributed by atoms with Crippen molar-refractivity contribution in [1.82, 2.24) is 14.9 Å². The van der Waals surface area contributed by atoms with E-state index in [-0.39, 0.29) is 12.0 Å². The zero-order chi connectivity index (χ0) is 16.8. The molecule has 1 aliphatic rings. The van der Waals surface area contributed by atoms with Gasteiger partial charge in [0.05, 0.1) is 24.0 Å². The summed E-state index contributed by atoms with van der Waals surface area (Å²) in [6.07, 6.45) is 7.40. The van der Waals surface area contributed by atoms with E-state index in [1.165, 1.54) is 11.8 Å². The normalized spacial score (nSPS) is 17.7. The Labute approximate surface area is 146 Å². The molecule has 0 aliphatic carbocycles. The Bertz CT molecular complexity index is 681. The number of hydrogen-bond acceptors (Lipinski definition) is 5. The lowest BCUT2D eigenvalue weighted by Gasteiger charge is -2.33. The summed E-state index contributed by atoms with van der Waals surface area (Å²) in [4.78, 5) is 23.2. The first kappa shape index (κ1) is 16.9. The quantitative estimate of drug-likeness (QED) is 0.781. The van der Waals surface area contributed by atoms with Gasteiger partial charge in [0.15, 0.2) is 0 Å². The molecule has 0 radical (unpaired) electrons. The summed E-state index contributed by atoms with van der Waals surface area (Å²) in [5.41, 5.74) is 1.59. The first-order valence-corrected chi connectivity index (χ1v) is 9.30. The van der Waals surface area contributed by atoms with Crippen LogP contribution in [0.1, 0.15) is 28.9 Å². The second-order valence-corrected chi connectivity index (χ2v) is 6.50. The molecule has 2 aromatic rings. The lowest BCUT2D eigenvalue weighted by Crippen LogP contribution is -2.43. The Morgan fingerprint density at radius 3 is 2.96 bits per heavy atom. The van der Waals surface area contributed by atoms with E-state index in [0.717, 1.165) is 30.1 Å². The molecule has 0 spiro atoms. The number of thioether (sulfide) groups is 1. The van der Waals surface area contributed by atoms with E-state index in [9.17, 15) is 4.79 Å². The average Bonchev–Trinajstić information content (AvgIpc) is 2.67. The molecule has 3 rings (SSSR count). The fourth-order valence-corrected chi connectivity index (χ4v) is 3.37. The molecule has 1 fully saturated rings. The summed E-state index contributed by atoms with van der Waals surface area (Å²) in [5.74, 6) is 0.0404. The van der Waals surface area contributed by atoms with Crippen LogP contribution in [0, 0.1) is 0 Å². The van der Waals surface area contributed by atoms with E-state index in [1.54, 1.807) is 12.4 Å². The summed E-state index contributed by atoms with van der Waals surface area (Å²) in [7, 11) is 0. The number of aromatic nitrogens is 2. The van der Waals surface area contributed by atoms with Crippen molar-refractivity contribution >= 4 is 17.7 Å². The van der Waals surface area contributed by atoms with Crippen LogP contribution < -0.4 is 0 Å². The Morgan fingerprint density at radius 2 is 2.17 bits per heavy atom. The number of carbonyl (C=O) groups excluding carboxylic acids is 1. The van der Waals surface area contributed by atoms with E-state index in [0.29, 0.717) is 18.7 Å². The molecule has 126 valence electrons. The maximum atomic E-state index is 12.8. The van der Waals surface area contributed by atoms with Crippen molar-refractivity contribution in [2.75, 3.05) is 19.3 Å². The lowest BCUT2D eigenvalue weighted by molar-refractivity contribution is -0.00796. The minimum Gasteiger partial charge on any atom is -0.370 e. The number of pyridine rings is 2. The number of hydrogen-bond donors (Lipinski definition) is 0. The molecule has 3 heterocycles. The van der Waals surface area contributed by atoms with Gasteiger partial charge in [0.2, 0.25) is 0 Å². The largest absolute Gasteiger partial charge is 0.370 e. The molecule has 1 aliphatic heterocycles. The van der Waals surface area contributed by atoms with Crippen molar-refractivity contribution in [2.45, 2.75) is 30.6 Å². The summed E-state index contributed by atoms with van der Waals surface area (Å²) >= 11 is 1.50. The van der Waals surface area contributed by atoms with Gasteiger partial charge in [-0.1, -0.05) is 6.07 Å². The first-order valence-electron chi connectivity index (χ1n) is 8.07. The number of ether oxygens (including phenoxy) is 1. The van der Waals surface area contributed by atoms with Gasteiger partial charge in [0.1, 0.15) is 5.03 Å². The molecule has 0 N–H and O–H groups in total. The van der Waals surface area contributed by atoms with Crippen LogP contribution in [-0.4, -0.2) is 46.2 Å². The fraction of sp³-hybridized carbons (Fsp3) is 0.389. The second kappa shape index (κ2) is 8.26. The van der Waals surface area contributed by atoms with Gasteiger partial charge in [-0.3, -0.25) is 9.78 Å². The van der Waals surface area contributed by atoms with E-state index in [2.05, 4.69) is 9.97 Å². The molecule has 0 bridgehead atoms. The van der Waals surface area contributed by atoms with Crippen molar-refractivity contribution in [3.8, 4) is 0 Å². The van der Waals surface area contributed by atoms with Crippen LogP contribution in [0.15, 0.2) is 47.8 Å². The predicted octanol–water partition coefficient (Wildman–Crippen LogP) is 3.02. The van der Waals surface area contributed by atoms with Gasteiger partial charge in [0.25, 0.3) is 5.91 Å². The Balaban J connectivity index is 1.61.